The molecule has 1 aliphatic carbocycles. The number of carboxylic acid groups (broad SMARTS) is 1. The highest BCUT2D eigenvalue weighted by Gasteiger charge is 2.38. The van der Waals surface area contributed by atoms with Crippen LogP contribution in [0, 0.1) is 0 Å². The van der Waals surface area contributed by atoms with E-state index in [0.717, 1.165) is 27.8 Å². The number of carbonyl (C=O) groups excluding carboxylic acids is 2. The zero-order valence-corrected chi connectivity index (χ0v) is 22.5. The number of fused-ring (bicyclic) bond motifs is 3. The number of ether oxygens (including phenoxy) is 2. The molecule has 0 saturated carbocycles. The van der Waals surface area contributed by atoms with Gasteiger partial charge in [0, 0.05) is 18.5 Å². The average molecular weight is 543 g/mol. The lowest BCUT2D eigenvalue weighted by Gasteiger charge is -2.31. The van der Waals surface area contributed by atoms with Crippen LogP contribution in [0.4, 0.5) is 4.79 Å². The lowest BCUT2D eigenvalue weighted by atomic mass is 9.98. The number of hydrogen-bond acceptors (Lipinski definition) is 5. The fraction of sp³-hybridized carbons (Fsp3) is 0.344. The molecule has 2 aliphatic rings. The number of carboxylic acids is 1. The molecule has 208 valence electrons. The van der Waals surface area contributed by atoms with E-state index < -0.39 is 30.3 Å². The summed E-state index contributed by atoms with van der Waals surface area (Å²) in [4.78, 5) is 39.8. The van der Waals surface area contributed by atoms with E-state index in [4.69, 9.17) is 9.47 Å². The Morgan fingerprint density at radius 2 is 1.57 bits per heavy atom. The van der Waals surface area contributed by atoms with Crippen LogP contribution >= 0.6 is 0 Å². The van der Waals surface area contributed by atoms with E-state index in [9.17, 15) is 19.5 Å². The number of nitrogens with one attached hydrogen (secondary N) is 1. The van der Waals surface area contributed by atoms with Crippen LogP contribution in [0.1, 0.15) is 48.8 Å². The van der Waals surface area contributed by atoms with E-state index in [1.54, 1.807) is 11.8 Å². The summed E-state index contributed by atoms with van der Waals surface area (Å²) in [5.41, 5.74) is 5.38. The van der Waals surface area contributed by atoms with E-state index >= 15 is 0 Å². The predicted molar refractivity (Wildman–Crippen MR) is 150 cm³/mol. The van der Waals surface area contributed by atoms with E-state index in [1.807, 2.05) is 66.7 Å². The molecule has 3 aromatic rings. The van der Waals surface area contributed by atoms with Crippen molar-refractivity contribution in [2.45, 2.75) is 56.9 Å². The average Bonchev–Trinajstić information content (AvgIpc) is 3.55. The number of alkyl carbamates (subject to hydrolysis) is 1. The van der Waals surface area contributed by atoms with Crippen LogP contribution in [0.15, 0.2) is 78.9 Å². The summed E-state index contributed by atoms with van der Waals surface area (Å²) in [7, 11) is 0. The normalized spacial score (nSPS) is 17.5. The molecule has 0 radical (unpaired) electrons. The third kappa shape index (κ3) is 6.02. The van der Waals surface area contributed by atoms with Crippen molar-refractivity contribution >= 4 is 18.0 Å². The van der Waals surface area contributed by atoms with Gasteiger partial charge in [0.2, 0.25) is 5.91 Å². The summed E-state index contributed by atoms with van der Waals surface area (Å²) < 4.78 is 11.7. The fourth-order valence-electron chi connectivity index (χ4n) is 5.76. The first-order valence-corrected chi connectivity index (χ1v) is 13.7. The minimum atomic E-state index is -1.03. The number of nitrogens with zero attached hydrogens (tertiary/aromatic N) is 1. The summed E-state index contributed by atoms with van der Waals surface area (Å²) >= 11 is 0. The number of rotatable bonds is 10. The molecule has 1 fully saturated rings. The van der Waals surface area contributed by atoms with Gasteiger partial charge in [0.05, 0.1) is 19.1 Å². The van der Waals surface area contributed by atoms with Crippen molar-refractivity contribution in [1.29, 1.82) is 0 Å². The molecule has 2 unspecified atom stereocenters. The van der Waals surface area contributed by atoms with Gasteiger partial charge in [0.1, 0.15) is 12.6 Å². The molecule has 2 N–H and O–H groups in total. The molecule has 3 aromatic carbocycles. The third-order valence-electron chi connectivity index (χ3n) is 7.78. The fourth-order valence-corrected chi connectivity index (χ4v) is 5.76. The van der Waals surface area contributed by atoms with Gasteiger partial charge in [-0.15, -0.1) is 0 Å². The van der Waals surface area contributed by atoms with Crippen molar-refractivity contribution in [2.75, 3.05) is 13.2 Å². The van der Waals surface area contributed by atoms with Crippen molar-refractivity contribution in [3.05, 3.63) is 95.6 Å². The smallest absolute Gasteiger partial charge is 0.407 e. The lowest BCUT2D eigenvalue weighted by Crippen LogP contribution is -2.55. The Morgan fingerprint density at radius 1 is 0.950 bits per heavy atom. The molecule has 0 bridgehead atoms. The van der Waals surface area contributed by atoms with Crippen LogP contribution in [0.25, 0.3) is 11.1 Å². The molecule has 2 amide bonds. The van der Waals surface area contributed by atoms with E-state index in [1.165, 1.54) is 0 Å². The first-order chi connectivity index (χ1) is 19.4. The van der Waals surface area contributed by atoms with Gasteiger partial charge in [-0.2, -0.15) is 0 Å². The Labute approximate surface area is 233 Å². The van der Waals surface area contributed by atoms with Gasteiger partial charge in [-0.05, 0) is 47.6 Å². The van der Waals surface area contributed by atoms with Crippen molar-refractivity contribution < 1.29 is 29.0 Å². The standard InChI is InChI=1S/C32H34N2O6/c1-21(39-19-22-10-3-2-4-11-22)30(31(37)34-17-9-12-23(34)18-29(35)36)33-32(38)40-20-28-26-15-7-5-13-24(26)25-14-6-8-16-27(25)28/h2-8,10-11,13-16,21,23,28,30H,9,12,17-20H2,1H3,(H,33,38)(H,35,36)/t21?,23-,30?/m1/s1. The molecular weight excluding hydrogens is 508 g/mol. The molecule has 1 aliphatic heterocycles. The quantitative estimate of drug-likeness (QED) is 0.375. The Morgan fingerprint density at radius 3 is 2.23 bits per heavy atom. The Kier molecular flexibility index (Phi) is 8.45. The maximum Gasteiger partial charge on any atom is 0.407 e. The van der Waals surface area contributed by atoms with Crippen LogP contribution in [-0.4, -0.2) is 59.3 Å². The number of benzene rings is 3. The zero-order valence-electron chi connectivity index (χ0n) is 22.5. The second-order valence-electron chi connectivity index (χ2n) is 10.4. The minimum absolute atomic E-state index is 0.113. The van der Waals surface area contributed by atoms with Gasteiger partial charge < -0.3 is 24.8 Å². The van der Waals surface area contributed by atoms with Gasteiger partial charge in [-0.3, -0.25) is 9.59 Å². The monoisotopic (exact) mass is 542 g/mol. The van der Waals surface area contributed by atoms with Crippen LogP contribution in [0.3, 0.4) is 0 Å². The van der Waals surface area contributed by atoms with Gasteiger partial charge in [-0.25, -0.2) is 4.79 Å². The number of amides is 2. The van der Waals surface area contributed by atoms with E-state index in [2.05, 4.69) is 17.4 Å². The summed E-state index contributed by atoms with van der Waals surface area (Å²) in [5.74, 6) is -1.44. The molecule has 3 atom stereocenters. The van der Waals surface area contributed by atoms with Crippen molar-refractivity contribution in [1.82, 2.24) is 10.2 Å². The predicted octanol–water partition coefficient (Wildman–Crippen LogP) is 4.96. The first kappa shape index (κ1) is 27.4. The Balaban J connectivity index is 1.29. The Bertz CT molecular complexity index is 1310. The lowest BCUT2D eigenvalue weighted by molar-refractivity contribution is -0.142. The summed E-state index contributed by atoms with van der Waals surface area (Å²) in [6.45, 7) is 2.55. The summed E-state index contributed by atoms with van der Waals surface area (Å²) in [6, 6.07) is 24.3. The summed E-state index contributed by atoms with van der Waals surface area (Å²) in [6.07, 6.45) is -0.221. The highest BCUT2D eigenvalue weighted by atomic mass is 16.5. The van der Waals surface area contributed by atoms with Crippen LogP contribution < -0.4 is 5.32 Å². The molecule has 0 aromatic heterocycles. The van der Waals surface area contributed by atoms with Crippen LogP contribution in [-0.2, 0) is 25.7 Å². The minimum Gasteiger partial charge on any atom is -0.481 e. The van der Waals surface area contributed by atoms with Gasteiger partial charge in [0.15, 0.2) is 0 Å². The maximum absolute atomic E-state index is 13.7. The van der Waals surface area contributed by atoms with Gasteiger partial charge in [-0.1, -0.05) is 78.9 Å². The van der Waals surface area contributed by atoms with Crippen molar-refractivity contribution in [2.24, 2.45) is 0 Å². The third-order valence-corrected chi connectivity index (χ3v) is 7.78. The second kappa shape index (κ2) is 12.3. The molecule has 5 rings (SSSR count). The number of aliphatic carboxylic acids is 1. The molecule has 1 heterocycles. The number of likely N-dealkylation sites (tertiary alicyclic amines) is 1. The van der Waals surface area contributed by atoms with E-state index in [-0.39, 0.29) is 31.5 Å². The molecule has 0 spiro atoms. The van der Waals surface area contributed by atoms with Gasteiger partial charge in [0.25, 0.3) is 0 Å². The SMILES string of the molecule is CC(OCc1ccccc1)C(NC(=O)OCC1c2ccccc2-c2ccccc21)C(=O)N1CCC[C@@H]1CC(=O)O. The van der Waals surface area contributed by atoms with E-state index in [0.29, 0.717) is 19.4 Å². The molecule has 8 heteroatoms. The second-order valence-corrected chi connectivity index (χ2v) is 10.4. The number of carbonyl (C=O) groups is 3. The van der Waals surface area contributed by atoms with Crippen molar-refractivity contribution in [3.8, 4) is 11.1 Å². The number of hydrogen-bond donors (Lipinski definition) is 2. The van der Waals surface area contributed by atoms with Crippen molar-refractivity contribution in [3.63, 3.8) is 0 Å². The van der Waals surface area contributed by atoms with Gasteiger partial charge >= 0.3 is 12.1 Å². The first-order valence-electron chi connectivity index (χ1n) is 13.7. The molecule has 1 saturated heterocycles. The molecule has 40 heavy (non-hydrogen) atoms. The molecule has 8 nitrogen and oxygen atoms in total. The van der Waals surface area contributed by atoms with Crippen LogP contribution in [0.2, 0.25) is 0 Å². The van der Waals surface area contributed by atoms with Crippen LogP contribution in [0.5, 0.6) is 0 Å². The summed E-state index contributed by atoms with van der Waals surface area (Å²) in [5, 5.41) is 12.1. The highest BCUT2D eigenvalue weighted by molar-refractivity contribution is 5.87. The topological polar surface area (TPSA) is 105 Å². The Hall–Kier alpha value is -4.17. The molecular formula is C32H34N2O6. The highest BCUT2D eigenvalue weighted by Crippen LogP contribution is 2.44. The maximum atomic E-state index is 13.7. The zero-order chi connectivity index (χ0) is 28.1. The largest absolute Gasteiger partial charge is 0.481 e.